The predicted octanol–water partition coefficient (Wildman–Crippen LogP) is -2.56. The van der Waals surface area contributed by atoms with Gasteiger partial charge in [-0.2, -0.15) is 0 Å². The molecule has 4 saturated heterocycles. The van der Waals surface area contributed by atoms with Crippen molar-refractivity contribution in [1.29, 1.82) is 0 Å². The van der Waals surface area contributed by atoms with Crippen molar-refractivity contribution < 1.29 is 83.5 Å². The number of hydrogen-bond donors (Lipinski definition) is 3. The number of ether oxygens (including phenoxy) is 7. The average Bonchev–Trinajstić information content (AvgIpc) is 3.71. The normalized spacial score (nSPS) is 26.1. The van der Waals surface area contributed by atoms with Gasteiger partial charge >= 0.3 is 29.6 Å². The van der Waals surface area contributed by atoms with Gasteiger partial charge in [0.05, 0.1) is 97.9 Å². The molecular formula is C24H46ClNaO11. The molecule has 0 amide bonds. The van der Waals surface area contributed by atoms with Gasteiger partial charge in [-0.05, 0) is 12.8 Å². The molecule has 37 heavy (non-hydrogen) atoms. The van der Waals surface area contributed by atoms with E-state index in [9.17, 15) is 0 Å². The molecular weight excluding hydrogens is 523 g/mol. The molecule has 11 nitrogen and oxygen atoms in total. The third-order valence-corrected chi connectivity index (χ3v) is 6.77. The molecule has 0 saturated carbocycles. The van der Waals surface area contributed by atoms with Crippen molar-refractivity contribution in [3.63, 3.8) is 0 Å². The summed E-state index contributed by atoms with van der Waals surface area (Å²) >= 11 is 5.27. The Morgan fingerprint density at radius 2 is 0.946 bits per heavy atom. The van der Waals surface area contributed by atoms with E-state index in [1.54, 1.807) is 0 Å². The largest absolute Gasteiger partial charge is 1.00 e. The van der Waals surface area contributed by atoms with Crippen molar-refractivity contribution >= 4 is 11.6 Å². The minimum absolute atomic E-state index is 0. The fraction of sp³-hybridized carbons (Fsp3) is 1.00. The van der Waals surface area contributed by atoms with Crippen molar-refractivity contribution in [2.45, 2.75) is 51.1 Å². The molecule has 0 aromatic carbocycles. The Morgan fingerprint density at radius 3 is 1.08 bits per heavy atom. The average molecular weight is 569 g/mol. The SMILES string of the molecule is CCC(CO)(CO)CO.CCC(COCC1CO1)(COCC1CO1)COCC1CO1.ClCC1CO1.[Na+].[OH-]. The van der Waals surface area contributed by atoms with E-state index in [0.29, 0.717) is 76.4 Å². The van der Waals surface area contributed by atoms with E-state index in [2.05, 4.69) is 6.92 Å². The van der Waals surface area contributed by atoms with Crippen LogP contribution in [0, 0.1) is 10.8 Å². The van der Waals surface area contributed by atoms with E-state index < -0.39 is 5.41 Å². The smallest absolute Gasteiger partial charge is 0.870 e. The van der Waals surface area contributed by atoms with Crippen LogP contribution in [-0.4, -0.2) is 137 Å². The zero-order valence-corrected chi connectivity index (χ0v) is 25.4. The molecule has 0 radical (unpaired) electrons. The Kier molecular flexibility index (Phi) is 21.2. The number of hydrogen-bond acceptors (Lipinski definition) is 11. The number of epoxide rings is 4. The molecule has 0 aromatic rings. The Morgan fingerprint density at radius 1 is 0.649 bits per heavy atom. The molecule has 0 spiro atoms. The van der Waals surface area contributed by atoms with Gasteiger partial charge in [-0.1, -0.05) is 13.8 Å². The quantitative estimate of drug-likeness (QED) is 0.0903. The summed E-state index contributed by atoms with van der Waals surface area (Å²) in [4.78, 5) is 0. The van der Waals surface area contributed by atoms with Crippen LogP contribution in [-0.2, 0) is 33.2 Å². The van der Waals surface area contributed by atoms with E-state index >= 15 is 0 Å². The van der Waals surface area contributed by atoms with Gasteiger partial charge < -0.3 is 54.0 Å². The second-order valence-electron chi connectivity index (χ2n) is 9.70. The van der Waals surface area contributed by atoms with Crippen molar-refractivity contribution in [1.82, 2.24) is 0 Å². The fourth-order valence-electron chi connectivity index (χ4n) is 2.79. The van der Waals surface area contributed by atoms with Gasteiger partial charge in [0.15, 0.2) is 0 Å². The summed E-state index contributed by atoms with van der Waals surface area (Å²) in [7, 11) is 0. The molecule has 4 heterocycles. The molecule has 13 heteroatoms. The molecule has 4 unspecified atom stereocenters. The van der Waals surface area contributed by atoms with Crippen LogP contribution in [0.25, 0.3) is 0 Å². The molecule has 0 bridgehead atoms. The van der Waals surface area contributed by atoms with Crippen LogP contribution in [0.4, 0.5) is 0 Å². The summed E-state index contributed by atoms with van der Waals surface area (Å²) in [6, 6.07) is 0. The van der Waals surface area contributed by atoms with Crippen LogP contribution >= 0.6 is 11.6 Å². The van der Waals surface area contributed by atoms with Crippen molar-refractivity contribution in [3.8, 4) is 0 Å². The van der Waals surface area contributed by atoms with Crippen LogP contribution in [0.15, 0.2) is 0 Å². The summed E-state index contributed by atoms with van der Waals surface area (Å²) in [5, 5.41) is 26.0. The van der Waals surface area contributed by atoms with Gasteiger partial charge in [-0.25, -0.2) is 0 Å². The summed E-state index contributed by atoms with van der Waals surface area (Å²) < 4.78 is 37.7. The Labute approximate surface area is 247 Å². The molecule has 0 aliphatic carbocycles. The molecule has 4 aliphatic rings. The van der Waals surface area contributed by atoms with Crippen molar-refractivity contribution in [2.24, 2.45) is 10.8 Å². The van der Waals surface area contributed by atoms with Crippen molar-refractivity contribution in [3.05, 3.63) is 0 Å². The van der Waals surface area contributed by atoms with Crippen LogP contribution in [0.3, 0.4) is 0 Å². The third-order valence-electron chi connectivity index (χ3n) is 6.42. The van der Waals surface area contributed by atoms with Crippen LogP contribution in [0.5, 0.6) is 0 Å². The van der Waals surface area contributed by atoms with Crippen LogP contribution in [0.1, 0.15) is 26.7 Å². The second-order valence-corrected chi connectivity index (χ2v) is 10.0. The zero-order chi connectivity index (χ0) is 25.6. The van der Waals surface area contributed by atoms with E-state index in [0.717, 1.165) is 32.8 Å². The summed E-state index contributed by atoms with van der Waals surface area (Å²) in [6.07, 6.45) is 2.83. The zero-order valence-electron chi connectivity index (χ0n) is 22.6. The first-order chi connectivity index (χ1) is 17.0. The molecule has 4 fully saturated rings. The third kappa shape index (κ3) is 17.3. The molecule has 4 atom stereocenters. The van der Waals surface area contributed by atoms with Gasteiger partial charge in [-0.15, -0.1) is 11.6 Å². The first-order valence-electron chi connectivity index (χ1n) is 12.6. The van der Waals surface area contributed by atoms with Gasteiger partial charge in [0.25, 0.3) is 0 Å². The number of alkyl halides is 1. The first-order valence-corrected chi connectivity index (χ1v) is 13.1. The fourth-order valence-corrected chi connectivity index (χ4v) is 2.97. The van der Waals surface area contributed by atoms with E-state index in [1.165, 1.54) is 0 Å². The number of aliphatic hydroxyl groups excluding tert-OH is 3. The first kappa shape index (κ1) is 37.9. The summed E-state index contributed by atoms with van der Waals surface area (Å²) in [6.45, 7) is 10.8. The summed E-state index contributed by atoms with van der Waals surface area (Å²) in [5.74, 6) is 0.667. The number of aliphatic hydroxyl groups is 3. The number of halogens is 1. The Balaban J connectivity index is 0.000000677. The van der Waals surface area contributed by atoms with Gasteiger partial charge in [0.1, 0.15) is 18.3 Å². The maximum Gasteiger partial charge on any atom is 1.00 e. The predicted molar refractivity (Wildman–Crippen MR) is 131 cm³/mol. The standard InChI is InChI=1S/C15H26O6.C6H14O3.C3H5ClO.Na.H2O/c1-2-15(9-16-3-12-6-19-12,10-17-4-13-7-20-13)11-18-5-14-8-21-14;1-2-6(3-7,4-8)5-9;4-1-3-2-5-3;;/h12-14H,2-11H2,1H3;7-9H,2-5H2,1H3;3H,1-2H2;;1H2/q;;;+1;/p-1. The molecule has 4 N–H and O–H groups in total. The molecule has 0 aromatic heterocycles. The molecule has 4 rings (SSSR count). The Bertz CT molecular complexity index is 480. The van der Waals surface area contributed by atoms with Crippen molar-refractivity contribution in [2.75, 3.05) is 91.8 Å². The van der Waals surface area contributed by atoms with E-state index in [-0.39, 0.29) is 60.3 Å². The van der Waals surface area contributed by atoms with Crippen LogP contribution in [0.2, 0.25) is 0 Å². The second kappa shape index (κ2) is 20.7. The number of rotatable bonds is 18. The Hall–Kier alpha value is 0.850. The minimum Gasteiger partial charge on any atom is -0.870 e. The maximum absolute atomic E-state index is 8.66. The maximum atomic E-state index is 8.66. The monoisotopic (exact) mass is 568 g/mol. The molecule has 216 valence electrons. The van der Waals surface area contributed by atoms with E-state index in [1.807, 2.05) is 6.92 Å². The van der Waals surface area contributed by atoms with Gasteiger partial charge in [0.2, 0.25) is 0 Å². The van der Waals surface area contributed by atoms with Gasteiger partial charge in [-0.3, -0.25) is 0 Å². The van der Waals surface area contributed by atoms with E-state index in [4.69, 9.17) is 60.1 Å². The molecule has 4 aliphatic heterocycles. The topological polar surface area (TPSA) is 168 Å². The minimum atomic E-state index is -0.667. The van der Waals surface area contributed by atoms with Gasteiger partial charge in [0, 0.05) is 10.8 Å². The van der Waals surface area contributed by atoms with Crippen LogP contribution < -0.4 is 29.6 Å². The summed E-state index contributed by atoms with van der Waals surface area (Å²) in [5.41, 5.74) is -0.765.